The van der Waals surface area contributed by atoms with Crippen molar-refractivity contribution in [2.45, 2.75) is 32.7 Å². The lowest BCUT2D eigenvalue weighted by Crippen LogP contribution is -2.45. The van der Waals surface area contributed by atoms with Gasteiger partial charge in [-0.3, -0.25) is 10.1 Å². The molecule has 0 spiro atoms. The Kier molecular flexibility index (Phi) is 5.59. The predicted molar refractivity (Wildman–Crippen MR) is 125 cm³/mol. The average molecular weight is 466 g/mol. The van der Waals surface area contributed by atoms with Crippen molar-refractivity contribution >= 4 is 34.1 Å². The van der Waals surface area contributed by atoms with E-state index in [0.29, 0.717) is 40.3 Å². The van der Waals surface area contributed by atoms with E-state index in [9.17, 15) is 9.59 Å². The Hall–Kier alpha value is -3.66. The average Bonchev–Trinajstić information content (AvgIpc) is 3.56. The molecule has 0 saturated carbocycles. The minimum atomic E-state index is -0.561. The molecule has 3 amide bonds. The Labute approximate surface area is 194 Å². The molecule has 0 bridgehead atoms. The molecule has 3 aromatic rings. The van der Waals surface area contributed by atoms with Gasteiger partial charge in [-0.2, -0.15) is 0 Å². The highest BCUT2D eigenvalue weighted by atomic mass is 32.1. The van der Waals surface area contributed by atoms with Crippen LogP contribution < -0.4 is 20.1 Å². The van der Waals surface area contributed by atoms with E-state index in [2.05, 4.69) is 20.8 Å². The summed E-state index contributed by atoms with van der Waals surface area (Å²) >= 11 is 1.26. The summed E-state index contributed by atoms with van der Waals surface area (Å²) in [5.41, 5.74) is 3.79. The minimum absolute atomic E-state index is 0.200. The van der Waals surface area contributed by atoms with Crippen LogP contribution in [0.5, 0.6) is 11.5 Å². The number of nitrogens with zero attached hydrogens (tertiary/aromatic N) is 3. The highest BCUT2D eigenvalue weighted by Gasteiger charge is 2.34. The molecule has 1 fully saturated rings. The van der Waals surface area contributed by atoms with Gasteiger partial charge in [0.25, 0.3) is 0 Å². The molecular weight excluding hydrogens is 442 g/mol. The lowest BCUT2D eigenvalue weighted by atomic mass is 10.1. The van der Waals surface area contributed by atoms with Gasteiger partial charge in [-0.05, 0) is 68.1 Å². The Bertz CT molecular complexity index is 1230. The molecule has 1 aromatic heterocycles. The van der Waals surface area contributed by atoms with Crippen molar-refractivity contribution in [3.8, 4) is 22.1 Å². The molecule has 2 aliphatic heterocycles. The van der Waals surface area contributed by atoms with Crippen molar-refractivity contribution in [1.29, 1.82) is 0 Å². The second-order valence-corrected chi connectivity index (χ2v) is 9.03. The molecule has 3 heterocycles. The van der Waals surface area contributed by atoms with Gasteiger partial charge in [-0.15, -0.1) is 10.2 Å². The predicted octanol–water partition coefficient (Wildman–Crippen LogP) is 4.19. The number of aryl methyl sites for hydroxylation is 2. The van der Waals surface area contributed by atoms with E-state index in [-0.39, 0.29) is 18.7 Å². The molecule has 2 N–H and O–H groups in total. The number of ether oxygens (including phenoxy) is 2. The van der Waals surface area contributed by atoms with E-state index in [1.807, 2.05) is 50.2 Å². The number of fused-ring (bicyclic) bond motifs is 1. The second-order valence-electron chi connectivity index (χ2n) is 8.05. The number of anilines is 2. The first-order valence-electron chi connectivity index (χ1n) is 10.7. The number of carbonyl (C=O) groups is 2. The minimum Gasteiger partial charge on any atom is -0.454 e. The first kappa shape index (κ1) is 21.2. The summed E-state index contributed by atoms with van der Waals surface area (Å²) in [5, 5.41) is 15.0. The summed E-state index contributed by atoms with van der Waals surface area (Å²) in [5.74, 6) is 1.08. The first-order valence-corrected chi connectivity index (χ1v) is 11.5. The summed E-state index contributed by atoms with van der Waals surface area (Å²) in [6, 6.07) is 10.4. The Morgan fingerprint density at radius 1 is 1.03 bits per heavy atom. The van der Waals surface area contributed by atoms with Crippen LogP contribution in [0.25, 0.3) is 10.6 Å². The van der Waals surface area contributed by atoms with Crippen LogP contribution in [0.15, 0.2) is 36.4 Å². The highest BCUT2D eigenvalue weighted by molar-refractivity contribution is 7.18. The quantitative estimate of drug-likeness (QED) is 0.599. The summed E-state index contributed by atoms with van der Waals surface area (Å²) < 4.78 is 10.7. The summed E-state index contributed by atoms with van der Waals surface area (Å²) in [4.78, 5) is 27.4. The summed E-state index contributed by atoms with van der Waals surface area (Å²) in [6.45, 7) is 4.74. The number of benzene rings is 2. The third-order valence-corrected chi connectivity index (χ3v) is 6.74. The number of hydrogen-bond acceptors (Lipinski definition) is 7. The molecule has 10 heteroatoms. The van der Waals surface area contributed by atoms with Gasteiger partial charge in [0.2, 0.25) is 17.8 Å². The molecular formula is C23H23N5O4S. The van der Waals surface area contributed by atoms with Crippen LogP contribution in [-0.4, -0.2) is 46.4 Å². The van der Waals surface area contributed by atoms with Crippen LogP contribution in [-0.2, 0) is 4.79 Å². The Morgan fingerprint density at radius 3 is 2.73 bits per heavy atom. The molecule has 0 aliphatic carbocycles. The molecule has 170 valence electrons. The van der Waals surface area contributed by atoms with E-state index in [1.54, 1.807) is 4.90 Å². The maximum absolute atomic E-state index is 12.9. The Morgan fingerprint density at radius 2 is 1.88 bits per heavy atom. The smallest absolute Gasteiger partial charge is 0.322 e. The van der Waals surface area contributed by atoms with Gasteiger partial charge in [-0.1, -0.05) is 17.4 Å². The van der Waals surface area contributed by atoms with Gasteiger partial charge in [0.1, 0.15) is 11.0 Å². The van der Waals surface area contributed by atoms with Crippen molar-refractivity contribution in [3.63, 3.8) is 0 Å². The number of urea groups is 1. The molecule has 33 heavy (non-hydrogen) atoms. The fourth-order valence-corrected chi connectivity index (χ4v) is 4.65. The second kappa shape index (κ2) is 8.70. The first-order chi connectivity index (χ1) is 16.0. The van der Waals surface area contributed by atoms with Crippen molar-refractivity contribution < 1.29 is 19.1 Å². The molecule has 2 aliphatic rings. The fourth-order valence-electron chi connectivity index (χ4n) is 3.91. The normalized spacial score (nSPS) is 16.7. The zero-order chi connectivity index (χ0) is 22.9. The van der Waals surface area contributed by atoms with Crippen LogP contribution in [0.3, 0.4) is 0 Å². The molecule has 0 radical (unpaired) electrons. The van der Waals surface area contributed by atoms with Crippen LogP contribution in [0, 0.1) is 13.8 Å². The third kappa shape index (κ3) is 4.34. The number of likely N-dealkylation sites (tertiary alicyclic amines) is 1. The Balaban J connectivity index is 1.24. The van der Waals surface area contributed by atoms with Crippen LogP contribution in [0.1, 0.15) is 24.0 Å². The summed E-state index contributed by atoms with van der Waals surface area (Å²) in [7, 11) is 0. The zero-order valence-corrected chi connectivity index (χ0v) is 19.1. The van der Waals surface area contributed by atoms with Crippen LogP contribution in [0.2, 0.25) is 0 Å². The van der Waals surface area contributed by atoms with Gasteiger partial charge in [0.05, 0.1) is 0 Å². The maximum atomic E-state index is 12.9. The van der Waals surface area contributed by atoms with Crippen LogP contribution in [0.4, 0.5) is 15.6 Å². The topological polar surface area (TPSA) is 106 Å². The number of carbonyl (C=O) groups excluding carboxylic acids is 2. The van der Waals surface area contributed by atoms with Gasteiger partial charge in [0, 0.05) is 17.8 Å². The van der Waals surface area contributed by atoms with Crippen molar-refractivity contribution in [2.24, 2.45) is 0 Å². The lowest BCUT2D eigenvalue weighted by Gasteiger charge is -2.24. The van der Waals surface area contributed by atoms with E-state index in [4.69, 9.17) is 9.47 Å². The third-order valence-electron chi connectivity index (χ3n) is 5.85. The number of amides is 3. The SMILES string of the molecule is Cc1ccc(NC(=O)N2CCCC2C(=O)Nc2nnc(-c3ccc4c(c3)OCO4)s2)cc1C. The van der Waals surface area contributed by atoms with Crippen LogP contribution >= 0.6 is 11.3 Å². The number of aromatic nitrogens is 2. The van der Waals surface area contributed by atoms with Gasteiger partial charge < -0.3 is 19.7 Å². The largest absolute Gasteiger partial charge is 0.454 e. The van der Waals surface area contributed by atoms with Gasteiger partial charge in [-0.25, -0.2) is 4.79 Å². The highest BCUT2D eigenvalue weighted by Crippen LogP contribution is 2.37. The fraction of sp³-hybridized carbons (Fsp3) is 0.304. The zero-order valence-electron chi connectivity index (χ0n) is 18.3. The van der Waals surface area contributed by atoms with E-state index < -0.39 is 6.04 Å². The van der Waals surface area contributed by atoms with Crippen molar-refractivity contribution in [1.82, 2.24) is 15.1 Å². The maximum Gasteiger partial charge on any atom is 0.322 e. The number of rotatable bonds is 4. The number of nitrogens with one attached hydrogen (secondary N) is 2. The molecule has 1 saturated heterocycles. The molecule has 5 rings (SSSR count). The lowest BCUT2D eigenvalue weighted by molar-refractivity contribution is -0.119. The molecule has 2 aromatic carbocycles. The van der Waals surface area contributed by atoms with Crippen molar-refractivity contribution in [3.05, 3.63) is 47.5 Å². The van der Waals surface area contributed by atoms with Gasteiger partial charge >= 0.3 is 6.03 Å². The monoisotopic (exact) mass is 465 g/mol. The molecule has 9 nitrogen and oxygen atoms in total. The molecule has 1 atom stereocenters. The van der Waals surface area contributed by atoms with E-state index >= 15 is 0 Å². The molecule has 1 unspecified atom stereocenters. The van der Waals surface area contributed by atoms with E-state index in [1.165, 1.54) is 11.3 Å². The summed E-state index contributed by atoms with van der Waals surface area (Å²) in [6.07, 6.45) is 1.36. The van der Waals surface area contributed by atoms with Crippen molar-refractivity contribution in [2.75, 3.05) is 24.0 Å². The van der Waals surface area contributed by atoms with E-state index in [0.717, 1.165) is 23.1 Å². The van der Waals surface area contributed by atoms with Gasteiger partial charge in [0.15, 0.2) is 11.5 Å². The number of hydrogen-bond donors (Lipinski definition) is 2. The standard InChI is InChI=1S/C23H23N5O4S/c1-13-5-7-16(10-14(13)2)24-23(30)28-9-3-4-17(28)20(29)25-22-27-26-21(33-22)15-6-8-18-19(11-15)32-12-31-18/h5-8,10-11,17H,3-4,9,12H2,1-2H3,(H,24,30)(H,25,27,29).